The molecule has 2 rings (SSSR count). The molecule has 7 nitrogen and oxygen atoms in total. The lowest BCUT2D eigenvalue weighted by molar-refractivity contribution is -0.162. The van der Waals surface area contributed by atoms with Crippen LogP contribution in [0.25, 0.3) is 0 Å². The van der Waals surface area contributed by atoms with Gasteiger partial charge in [0.15, 0.2) is 0 Å². The summed E-state index contributed by atoms with van der Waals surface area (Å²) in [5.41, 5.74) is -0.405. The molecule has 0 bridgehead atoms. The summed E-state index contributed by atoms with van der Waals surface area (Å²) < 4.78 is 16.4. The van der Waals surface area contributed by atoms with E-state index in [1.807, 2.05) is 13.0 Å². The third-order valence-electron chi connectivity index (χ3n) is 4.10. The number of nitrogens with zero attached hydrogens (tertiary/aromatic N) is 1. The quantitative estimate of drug-likeness (QED) is 0.552. The number of imide groups is 1. The minimum Gasteiger partial charge on any atom is -0.494 e. The van der Waals surface area contributed by atoms with Gasteiger partial charge in [0.2, 0.25) is 0 Å². The number of esters is 1. The molecule has 1 aromatic carbocycles. The molecule has 1 aromatic rings. The van der Waals surface area contributed by atoms with E-state index in [-0.39, 0.29) is 6.42 Å². The lowest BCUT2D eigenvalue weighted by atomic mass is 10.00. The minimum atomic E-state index is -1.09. The van der Waals surface area contributed by atoms with Crippen LogP contribution in [0.2, 0.25) is 0 Å². The smallest absolute Gasteiger partial charge is 0.421 e. The molecule has 0 unspecified atom stereocenters. The first-order chi connectivity index (χ1) is 13.3. The normalized spacial score (nSPS) is 17.3. The minimum absolute atomic E-state index is 0.244. The van der Waals surface area contributed by atoms with Crippen LogP contribution < -0.4 is 9.64 Å². The Hall–Kier alpha value is -2.57. The Morgan fingerprint density at radius 1 is 1.07 bits per heavy atom. The van der Waals surface area contributed by atoms with E-state index < -0.39 is 35.1 Å². The summed E-state index contributed by atoms with van der Waals surface area (Å²) in [6, 6.07) is 5.23. The number of rotatable bonds is 3. The highest BCUT2D eigenvalue weighted by Gasteiger charge is 2.42. The average molecular weight is 405 g/mol. The zero-order valence-electron chi connectivity index (χ0n) is 18.3. The van der Waals surface area contributed by atoms with Crippen molar-refractivity contribution in [3.63, 3.8) is 0 Å². The summed E-state index contributed by atoms with van der Waals surface area (Å²) in [6.07, 6.45) is -0.141. The summed E-state index contributed by atoms with van der Waals surface area (Å²) in [7, 11) is 0. The molecule has 1 aliphatic heterocycles. The number of carbonyl (C=O) groups excluding carboxylic acids is 3. The fourth-order valence-corrected chi connectivity index (χ4v) is 3.01. The number of amides is 2. The van der Waals surface area contributed by atoms with Gasteiger partial charge in [0, 0.05) is 6.07 Å². The third kappa shape index (κ3) is 5.95. The highest BCUT2D eigenvalue weighted by Crippen LogP contribution is 2.34. The molecule has 0 saturated heterocycles. The number of hydrogen-bond donors (Lipinski definition) is 0. The number of carbonyl (C=O) groups is 3. The molecule has 1 aliphatic rings. The first-order valence-corrected chi connectivity index (χ1v) is 9.88. The van der Waals surface area contributed by atoms with Crippen molar-refractivity contribution in [2.24, 2.45) is 5.92 Å². The Balaban J connectivity index is 2.49. The van der Waals surface area contributed by atoms with Crippen LogP contribution in [0.1, 0.15) is 60.5 Å². The SMILES string of the molecule is CCOc1ccc2c(c1)N(C(=O)OC(C)(C)C)C(=O)[C@@H](C(=O)OC(C)(C)C)CC2. The summed E-state index contributed by atoms with van der Waals surface area (Å²) in [4.78, 5) is 39.9. The Kier molecular flexibility index (Phi) is 6.60. The Morgan fingerprint density at radius 3 is 2.24 bits per heavy atom. The van der Waals surface area contributed by atoms with E-state index in [0.717, 1.165) is 10.5 Å². The zero-order valence-corrected chi connectivity index (χ0v) is 18.3. The molecule has 7 heteroatoms. The van der Waals surface area contributed by atoms with Gasteiger partial charge in [-0.25, -0.2) is 9.69 Å². The molecular weight excluding hydrogens is 374 g/mol. The van der Waals surface area contributed by atoms with Crippen LogP contribution in [-0.2, 0) is 25.5 Å². The van der Waals surface area contributed by atoms with Crippen molar-refractivity contribution >= 4 is 23.7 Å². The number of anilines is 1. The van der Waals surface area contributed by atoms with Gasteiger partial charge >= 0.3 is 12.1 Å². The van der Waals surface area contributed by atoms with E-state index >= 15 is 0 Å². The summed E-state index contributed by atoms with van der Waals surface area (Å²) in [5, 5.41) is 0. The number of aryl methyl sites for hydroxylation is 1. The molecule has 2 amide bonds. The maximum Gasteiger partial charge on any atom is 0.421 e. The van der Waals surface area contributed by atoms with E-state index in [4.69, 9.17) is 14.2 Å². The zero-order chi connectivity index (χ0) is 22.0. The van der Waals surface area contributed by atoms with E-state index in [2.05, 4.69) is 0 Å². The molecule has 1 heterocycles. The molecule has 0 aliphatic carbocycles. The van der Waals surface area contributed by atoms with Crippen molar-refractivity contribution in [2.45, 2.75) is 72.5 Å². The van der Waals surface area contributed by atoms with E-state index in [1.165, 1.54) is 0 Å². The van der Waals surface area contributed by atoms with Gasteiger partial charge in [-0.1, -0.05) is 6.07 Å². The first kappa shape index (κ1) is 22.7. The van der Waals surface area contributed by atoms with Crippen molar-refractivity contribution in [1.29, 1.82) is 0 Å². The number of ether oxygens (including phenoxy) is 3. The second-order valence-electron chi connectivity index (χ2n) is 9.00. The van der Waals surface area contributed by atoms with Crippen LogP contribution in [0.5, 0.6) is 5.75 Å². The average Bonchev–Trinajstić information content (AvgIpc) is 2.67. The molecule has 0 fully saturated rings. The Labute approximate surface area is 172 Å². The van der Waals surface area contributed by atoms with Crippen molar-refractivity contribution in [1.82, 2.24) is 0 Å². The maximum absolute atomic E-state index is 13.3. The van der Waals surface area contributed by atoms with Crippen molar-refractivity contribution in [2.75, 3.05) is 11.5 Å². The maximum atomic E-state index is 13.3. The van der Waals surface area contributed by atoms with Gasteiger partial charge in [0.05, 0.1) is 12.3 Å². The van der Waals surface area contributed by atoms with Gasteiger partial charge in [0.25, 0.3) is 5.91 Å². The molecular formula is C22H31NO6. The predicted molar refractivity (Wildman–Crippen MR) is 109 cm³/mol. The van der Waals surface area contributed by atoms with Crippen LogP contribution in [0.3, 0.4) is 0 Å². The highest BCUT2D eigenvalue weighted by atomic mass is 16.6. The standard InChI is InChI=1S/C22H31NO6/c1-8-27-15-11-9-14-10-12-16(19(25)28-21(2,3)4)18(24)23(17(14)13-15)20(26)29-22(5,6)7/h9,11,13,16H,8,10,12H2,1-7H3/t16-/m0/s1. The molecule has 0 radical (unpaired) electrons. The van der Waals surface area contributed by atoms with E-state index in [0.29, 0.717) is 24.5 Å². The number of hydrogen-bond acceptors (Lipinski definition) is 6. The summed E-state index contributed by atoms with van der Waals surface area (Å²) in [6.45, 7) is 12.7. The number of benzene rings is 1. The van der Waals surface area contributed by atoms with Crippen LogP contribution in [0.15, 0.2) is 18.2 Å². The van der Waals surface area contributed by atoms with Gasteiger partial charge in [-0.15, -0.1) is 0 Å². The fraction of sp³-hybridized carbons (Fsp3) is 0.591. The van der Waals surface area contributed by atoms with Gasteiger partial charge < -0.3 is 14.2 Å². The van der Waals surface area contributed by atoms with Crippen molar-refractivity contribution < 1.29 is 28.6 Å². The van der Waals surface area contributed by atoms with Gasteiger partial charge in [0.1, 0.15) is 22.9 Å². The van der Waals surface area contributed by atoms with E-state index in [9.17, 15) is 14.4 Å². The van der Waals surface area contributed by atoms with Gasteiger partial charge in [-0.2, -0.15) is 0 Å². The summed E-state index contributed by atoms with van der Waals surface area (Å²) >= 11 is 0. The molecule has 0 saturated carbocycles. The molecule has 1 atom stereocenters. The predicted octanol–water partition coefficient (Wildman–Crippen LogP) is 4.26. The molecule has 29 heavy (non-hydrogen) atoms. The van der Waals surface area contributed by atoms with Crippen molar-refractivity contribution in [3.8, 4) is 5.75 Å². The Bertz CT molecular complexity index is 787. The monoisotopic (exact) mass is 405 g/mol. The lowest BCUT2D eigenvalue weighted by Gasteiger charge is -2.28. The largest absolute Gasteiger partial charge is 0.494 e. The fourth-order valence-electron chi connectivity index (χ4n) is 3.01. The molecule has 0 spiro atoms. The summed E-state index contributed by atoms with van der Waals surface area (Å²) in [5.74, 6) is -1.86. The highest BCUT2D eigenvalue weighted by molar-refractivity contribution is 6.18. The second kappa shape index (κ2) is 8.43. The Morgan fingerprint density at radius 2 is 1.69 bits per heavy atom. The van der Waals surface area contributed by atoms with Gasteiger partial charge in [-0.05, 0) is 72.9 Å². The van der Waals surface area contributed by atoms with Crippen LogP contribution >= 0.6 is 0 Å². The first-order valence-electron chi connectivity index (χ1n) is 9.88. The van der Waals surface area contributed by atoms with Crippen LogP contribution in [-0.4, -0.2) is 35.8 Å². The third-order valence-corrected chi connectivity index (χ3v) is 4.10. The van der Waals surface area contributed by atoms with Crippen LogP contribution in [0.4, 0.5) is 10.5 Å². The molecule has 160 valence electrons. The molecule has 0 aromatic heterocycles. The molecule has 0 N–H and O–H groups in total. The lowest BCUT2D eigenvalue weighted by Crippen LogP contribution is -2.46. The second-order valence-corrected chi connectivity index (χ2v) is 9.00. The van der Waals surface area contributed by atoms with Crippen LogP contribution in [0, 0.1) is 5.92 Å². The number of fused-ring (bicyclic) bond motifs is 1. The topological polar surface area (TPSA) is 82.1 Å². The van der Waals surface area contributed by atoms with Gasteiger partial charge in [-0.3, -0.25) is 9.59 Å². The van der Waals surface area contributed by atoms with E-state index in [1.54, 1.807) is 53.7 Å². The van der Waals surface area contributed by atoms with Crippen molar-refractivity contribution in [3.05, 3.63) is 23.8 Å².